The van der Waals surface area contributed by atoms with E-state index in [9.17, 15) is 5.11 Å². The third-order valence-corrected chi connectivity index (χ3v) is 5.21. The molecule has 0 heterocycles. The molecule has 1 nitrogen and oxygen atoms in total. The maximum Gasteiger partial charge on any atom is 0.0874 e. The van der Waals surface area contributed by atoms with Crippen LogP contribution in [0.5, 0.6) is 0 Å². The molecule has 0 saturated heterocycles. The molecule has 1 atom stereocenters. The van der Waals surface area contributed by atoms with Gasteiger partial charge >= 0.3 is 0 Å². The van der Waals surface area contributed by atoms with Crippen molar-refractivity contribution in [3.63, 3.8) is 0 Å². The monoisotopic (exact) mass is 338 g/mol. The average Bonchev–Trinajstić information content (AvgIpc) is 2.60. The Bertz CT molecular complexity index is 670. The molecule has 0 bridgehead atoms. The van der Waals surface area contributed by atoms with Crippen molar-refractivity contribution >= 4 is 0 Å². The van der Waals surface area contributed by atoms with Crippen molar-refractivity contribution in [2.45, 2.75) is 78.2 Å². The minimum atomic E-state index is -0.780. The van der Waals surface area contributed by atoms with Crippen molar-refractivity contribution in [1.82, 2.24) is 0 Å². The first-order valence-corrected chi connectivity index (χ1v) is 9.85. The standard InChI is InChI=1S/C24H34O/c1-5-6-7-8-9-12-17-24(4,25)23-14-11-10-13-21(23)22-18-19(2)15-16-20(22)3/h10-11,13-16,18,25H,5-9,12,17H2,1-4H3. The molecule has 136 valence electrons. The molecule has 1 heteroatoms. The van der Waals surface area contributed by atoms with Gasteiger partial charge in [0.15, 0.2) is 0 Å². The largest absolute Gasteiger partial charge is 0.385 e. The Kier molecular flexibility index (Phi) is 7.25. The molecule has 0 aliphatic rings. The Hall–Kier alpha value is -1.60. The minimum Gasteiger partial charge on any atom is -0.385 e. The van der Waals surface area contributed by atoms with Gasteiger partial charge in [-0.25, -0.2) is 0 Å². The zero-order valence-corrected chi connectivity index (χ0v) is 16.4. The van der Waals surface area contributed by atoms with Crippen LogP contribution in [0.2, 0.25) is 0 Å². The molecule has 0 aliphatic carbocycles. The predicted molar refractivity (Wildman–Crippen MR) is 109 cm³/mol. The van der Waals surface area contributed by atoms with Crippen LogP contribution in [0.1, 0.15) is 75.5 Å². The topological polar surface area (TPSA) is 20.2 Å². The zero-order chi connectivity index (χ0) is 18.3. The summed E-state index contributed by atoms with van der Waals surface area (Å²) in [5.74, 6) is 0. The molecule has 1 unspecified atom stereocenters. The van der Waals surface area contributed by atoms with Gasteiger partial charge in [0.25, 0.3) is 0 Å². The lowest BCUT2D eigenvalue weighted by Gasteiger charge is -2.27. The third-order valence-electron chi connectivity index (χ3n) is 5.21. The van der Waals surface area contributed by atoms with Crippen LogP contribution in [0.15, 0.2) is 42.5 Å². The SMILES string of the molecule is CCCCCCCCC(C)(O)c1ccccc1-c1cc(C)ccc1C. The lowest BCUT2D eigenvalue weighted by atomic mass is 9.83. The molecule has 2 rings (SSSR count). The van der Waals surface area contributed by atoms with Crippen LogP contribution in [-0.4, -0.2) is 5.11 Å². The van der Waals surface area contributed by atoms with Crippen molar-refractivity contribution < 1.29 is 5.11 Å². The second-order valence-corrected chi connectivity index (χ2v) is 7.66. The molecule has 0 fully saturated rings. The summed E-state index contributed by atoms with van der Waals surface area (Å²) in [6.45, 7) is 8.49. The molecule has 1 N–H and O–H groups in total. The quantitative estimate of drug-likeness (QED) is 0.491. The first-order valence-electron chi connectivity index (χ1n) is 9.85. The summed E-state index contributed by atoms with van der Waals surface area (Å²) in [5.41, 5.74) is 5.19. The van der Waals surface area contributed by atoms with E-state index < -0.39 is 5.60 Å². The lowest BCUT2D eigenvalue weighted by molar-refractivity contribution is 0.0454. The normalized spacial score (nSPS) is 13.6. The van der Waals surface area contributed by atoms with Gasteiger partial charge in [-0.15, -0.1) is 0 Å². The van der Waals surface area contributed by atoms with Crippen LogP contribution in [0.4, 0.5) is 0 Å². The van der Waals surface area contributed by atoms with E-state index in [1.165, 1.54) is 54.4 Å². The molecule has 2 aromatic rings. The summed E-state index contributed by atoms with van der Waals surface area (Å²) in [4.78, 5) is 0. The molecular formula is C24H34O. The second kappa shape index (κ2) is 9.20. The number of aliphatic hydroxyl groups is 1. The highest BCUT2D eigenvalue weighted by molar-refractivity contribution is 5.72. The summed E-state index contributed by atoms with van der Waals surface area (Å²) in [5, 5.41) is 11.2. The van der Waals surface area contributed by atoms with Crippen LogP contribution in [0, 0.1) is 13.8 Å². The van der Waals surface area contributed by atoms with E-state index in [2.05, 4.69) is 57.2 Å². The summed E-state index contributed by atoms with van der Waals surface area (Å²) >= 11 is 0. The summed E-state index contributed by atoms with van der Waals surface area (Å²) in [7, 11) is 0. The Morgan fingerprint density at radius 3 is 2.28 bits per heavy atom. The first-order chi connectivity index (χ1) is 12.0. The fourth-order valence-corrected chi connectivity index (χ4v) is 3.60. The summed E-state index contributed by atoms with van der Waals surface area (Å²) in [6, 6.07) is 14.9. The lowest BCUT2D eigenvalue weighted by Crippen LogP contribution is -2.22. The van der Waals surface area contributed by atoms with Crippen molar-refractivity contribution in [3.8, 4) is 11.1 Å². The minimum absolute atomic E-state index is 0.780. The van der Waals surface area contributed by atoms with E-state index in [0.29, 0.717) is 0 Å². The van der Waals surface area contributed by atoms with Crippen LogP contribution in [0.25, 0.3) is 11.1 Å². The van der Waals surface area contributed by atoms with Gasteiger partial charge in [0.1, 0.15) is 0 Å². The van der Waals surface area contributed by atoms with Gasteiger partial charge < -0.3 is 5.11 Å². The molecular weight excluding hydrogens is 304 g/mol. The number of aryl methyl sites for hydroxylation is 2. The number of rotatable bonds is 9. The summed E-state index contributed by atoms with van der Waals surface area (Å²) in [6.07, 6.45) is 8.31. The maximum absolute atomic E-state index is 11.2. The Labute approximate surface area is 154 Å². The molecule has 0 aromatic heterocycles. The van der Waals surface area contributed by atoms with Gasteiger partial charge in [-0.05, 0) is 49.4 Å². The zero-order valence-electron chi connectivity index (χ0n) is 16.4. The number of hydrogen-bond donors (Lipinski definition) is 1. The highest BCUT2D eigenvalue weighted by Crippen LogP contribution is 2.36. The fourth-order valence-electron chi connectivity index (χ4n) is 3.60. The second-order valence-electron chi connectivity index (χ2n) is 7.66. The van der Waals surface area contributed by atoms with Crippen molar-refractivity contribution in [2.75, 3.05) is 0 Å². The van der Waals surface area contributed by atoms with Crippen molar-refractivity contribution in [2.24, 2.45) is 0 Å². The van der Waals surface area contributed by atoms with E-state index in [-0.39, 0.29) is 0 Å². The van der Waals surface area contributed by atoms with Gasteiger partial charge in [0, 0.05) is 0 Å². The molecule has 0 saturated carbocycles. The van der Waals surface area contributed by atoms with Crippen LogP contribution in [-0.2, 0) is 5.60 Å². The Morgan fingerprint density at radius 2 is 1.52 bits per heavy atom. The van der Waals surface area contributed by atoms with Gasteiger partial charge in [0.2, 0.25) is 0 Å². The first kappa shape index (κ1) is 19.7. The van der Waals surface area contributed by atoms with Crippen LogP contribution >= 0.6 is 0 Å². The fraction of sp³-hybridized carbons (Fsp3) is 0.500. The molecule has 2 aromatic carbocycles. The predicted octanol–water partition coefficient (Wildman–Crippen LogP) is 6.93. The van der Waals surface area contributed by atoms with Gasteiger partial charge in [-0.1, -0.05) is 93.5 Å². The van der Waals surface area contributed by atoms with Crippen LogP contribution in [0.3, 0.4) is 0 Å². The Balaban J connectivity index is 2.17. The van der Waals surface area contributed by atoms with E-state index in [1.54, 1.807) is 0 Å². The van der Waals surface area contributed by atoms with E-state index >= 15 is 0 Å². The highest BCUT2D eigenvalue weighted by Gasteiger charge is 2.26. The molecule has 25 heavy (non-hydrogen) atoms. The Morgan fingerprint density at radius 1 is 0.840 bits per heavy atom. The number of unbranched alkanes of at least 4 members (excludes halogenated alkanes) is 5. The number of hydrogen-bond acceptors (Lipinski definition) is 1. The third kappa shape index (κ3) is 5.44. The molecule has 0 radical (unpaired) electrons. The van der Waals surface area contributed by atoms with Gasteiger partial charge in [-0.2, -0.15) is 0 Å². The maximum atomic E-state index is 11.2. The molecule has 0 amide bonds. The highest BCUT2D eigenvalue weighted by atomic mass is 16.3. The average molecular weight is 339 g/mol. The van der Waals surface area contributed by atoms with Crippen molar-refractivity contribution in [1.29, 1.82) is 0 Å². The van der Waals surface area contributed by atoms with Crippen LogP contribution < -0.4 is 0 Å². The number of benzene rings is 2. The summed E-state index contributed by atoms with van der Waals surface area (Å²) < 4.78 is 0. The van der Waals surface area contributed by atoms with E-state index in [1.807, 2.05) is 13.0 Å². The van der Waals surface area contributed by atoms with Crippen molar-refractivity contribution in [3.05, 3.63) is 59.2 Å². The van der Waals surface area contributed by atoms with Gasteiger partial charge in [0.05, 0.1) is 5.60 Å². The molecule has 0 aliphatic heterocycles. The molecule has 0 spiro atoms. The van der Waals surface area contributed by atoms with E-state index in [4.69, 9.17) is 0 Å². The smallest absolute Gasteiger partial charge is 0.0874 e. The van der Waals surface area contributed by atoms with E-state index in [0.717, 1.165) is 18.4 Å². The van der Waals surface area contributed by atoms with Gasteiger partial charge in [-0.3, -0.25) is 0 Å².